The zero-order chi connectivity index (χ0) is 16.2. The number of hydrogen-bond donors (Lipinski definition) is 1. The van der Waals surface area contributed by atoms with Gasteiger partial charge in [-0.05, 0) is 37.7 Å². The molecule has 7 heteroatoms. The monoisotopic (exact) mass is 328 g/mol. The third-order valence-corrected chi connectivity index (χ3v) is 4.27. The predicted octanol–water partition coefficient (Wildman–Crippen LogP) is 3.58. The highest BCUT2D eigenvalue weighted by Crippen LogP contribution is 2.29. The lowest BCUT2D eigenvalue weighted by Crippen LogP contribution is -2.26. The lowest BCUT2D eigenvalue weighted by Gasteiger charge is -2.22. The van der Waals surface area contributed by atoms with E-state index in [1.807, 2.05) is 48.6 Å². The van der Waals surface area contributed by atoms with Crippen LogP contribution in [0.3, 0.4) is 0 Å². The minimum absolute atomic E-state index is 0.0202. The minimum Gasteiger partial charge on any atom is -0.468 e. The van der Waals surface area contributed by atoms with Crippen molar-refractivity contribution >= 4 is 17.2 Å². The van der Waals surface area contributed by atoms with Crippen molar-refractivity contribution in [2.75, 3.05) is 26.0 Å². The van der Waals surface area contributed by atoms with Crippen molar-refractivity contribution in [2.24, 2.45) is 0 Å². The fraction of sp³-hybridized carbons (Fsp3) is 0.250. The number of nitrogens with zero attached hydrogens (tertiary/aromatic N) is 3. The summed E-state index contributed by atoms with van der Waals surface area (Å²) >= 11 is 1.52. The molecule has 1 N–H and O–H groups in total. The fourth-order valence-electron chi connectivity index (χ4n) is 2.23. The normalized spacial score (nSPS) is 12.3. The molecular formula is C16H16N4O2S. The standard InChI is InChI=1S/C16H16N4O2S/c1-20(2)12(13-5-3-7-21-13)10-18-15-11(9-17)19-16(22-15)14-6-4-8-23-14/h3-8,12,18H,10H2,1-2H3. The number of anilines is 1. The number of hydrogen-bond acceptors (Lipinski definition) is 7. The van der Waals surface area contributed by atoms with E-state index in [-0.39, 0.29) is 11.7 Å². The Balaban J connectivity index is 1.78. The summed E-state index contributed by atoms with van der Waals surface area (Å²) in [6, 6.07) is 9.70. The molecule has 0 saturated carbocycles. The molecule has 0 aliphatic rings. The molecule has 0 aliphatic heterocycles. The Bertz CT molecular complexity index is 785. The van der Waals surface area contributed by atoms with Crippen molar-refractivity contribution in [3.63, 3.8) is 0 Å². The Hall–Kier alpha value is -2.56. The number of aromatic nitrogens is 1. The van der Waals surface area contributed by atoms with E-state index in [0.29, 0.717) is 18.3 Å². The molecule has 3 rings (SSSR count). The highest BCUT2D eigenvalue weighted by molar-refractivity contribution is 7.13. The molecule has 118 valence electrons. The number of rotatable bonds is 6. The summed E-state index contributed by atoms with van der Waals surface area (Å²) in [5.74, 6) is 1.69. The van der Waals surface area contributed by atoms with Gasteiger partial charge in [-0.1, -0.05) is 6.07 Å². The van der Waals surface area contributed by atoms with Crippen LogP contribution in [-0.4, -0.2) is 30.5 Å². The molecule has 1 unspecified atom stereocenters. The third kappa shape index (κ3) is 3.28. The summed E-state index contributed by atoms with van der Waals surface area (Å²) in [6.45, 7) is 0.536. The van der Waals surface area contributed by atoms with Crippen LogP contribution in [0.1, 0.15) is 17.5 Å². The van der Waals surface area contributed by atoms with Crippen LogP contribution >= 0.6 is 11.3 Å². The van der Waals surface area contributed by atoms with Crippen LogP contribution in [0.15, 0.2) is 44.7 Å². The van der Waals surface area contributed by atoms with Crippen LogP contribution < -0.4 is 5.32 Å². The molecule has 6 nitrogen and oxygen atoms in total. The van der Waals surface area contributed by atoms with Crippen molar-refractivity contribution in [3.05, 3.63) is 47.4 Å². The van der Waals surface area contributed by atoms with Gasteiger partial charge in [0.05, 0.1) is 17.2 Å². The average molecular weight is 328 g/mol. The first kappa shape index (κ1) is 15.3. The van der Waals surface area contributed by atoms with Crippen molar-refractivity contribution < 1.29 is 8.83 Å². The van der Waals surface area contributed by atoms with Gasteiger partial charge in [-0.3, -0.25) is 4.90 Å². The van der Waals surface area contributed by atoms with Gasteiger partial charge >= 0.3 is 0 Å². The molecule has 1 atom stereocenters. The largest absolute Gasteiger partial charge is 0.468 e. The maximum atomic E-state index is 9.25. The molecule has 0 radical (unpaired) electrons. The number of oxazole rings is 1. The molecule has 3 heterocycles. The van der Waals surface area contributed by atoms with Gasteiger partial charge in [0.1, 0.15) is 11.8 Å². The summed E-state index contributed by atoms with van der Waals surface area (Å²) in [5, 5.41) is 14.4. The van der Waals surface area contributed by atoms with Gasteiger partial charge in [0.25, 0.3) is 0 Å². The van der Waals surface area contributed by atoms with Gasteiger partial charge in [0, 0.05) is 6.54 Å². The second-order valence-electron chi connectivity index (χ2n) is 5.16. The zero-order valence-corrected chi connectivity index (χ0v) is 13.6. The van der Waals surface area contributed by atoms with E-state index in [0.717, 1.165) is 10.6 Å². The van der Waals surface area contributed by atoms with Gasteiger partial charge in [-0.15, -0.1) is 11.3 Å². The second-order valence-corrected chi connectivity index (χ2v) is 6.11. The van der Waals surface area contributed by atoms with Gasteiger partial charge < -0.3 is 14.2 Å². The van der Waals surface area contributed by atoms with Crippen LogP contribution in [0.25, 0.3) is 10.8 Å². The van der Waals surface area contributed by atoms with E-state index in [2.05, 4.69) is 16.4 Å². The fourth-order valence-corrected chi connectivity index (χ4v) is 2.88. The second kappa shape index (κ2) is 6.69. The van der Waals surface area contributed by atoms with Crippen LogP contribution in [0.2, 0.25) is 0 Å². The van der Waals surface area contributed by atoms with Crippen LogP contribution in [0.4, 0.5) is 5.88 Å². The minimum atomic E-state index is 0.0202. The summed E-state index contributed by atoms with van der Waals surface area (Å²) in [5.41, 5.74) is 0.255. The van der Waals surface area contributed by atoms with E-state index in [9.17, 15) is 5.26 Å². The molecule has 0 spiro atoms. The number of furan rings is 1. The van der Waals surface area contributed by atoms with Gasteiger partial charge in [-0.2, -0.15) is 10.2 Å². The molecule has 0 aromatic carbocycles. The van der Waals surface area contributed by atoms with Crippen molar-refractivity contribution in [1.29, 1.82) is 5.26 Å². The Morgan fingerprint density at radius 2 is 2.26 bits per heavy atom. The zero-order valence-electron chi connectivity index (χ0n) is 12.8. The third-order valence-electron chi connectivity index (χ3n) is 3.42. The van der Waals surface area contributed by atoms with E-state index in [1.54, 1.807) is 6.26 Å². The average Bonchev–Trinajstić information content (AvgIpc) is 3.28. The first-order valence-electron chi connectivity index (χ1n) is 7.07. The maximum absolute atomic E-state index is 9.25. The van der Waals surface area contributed by atoms with Crippen LogP contribution in [-0.2, 0) is 0 Å². The lowest BCUT2D eigenvalue weighted by atomic mass is 10.2. The molecule has 3 aromatic heterocycles. The first-order chi connectivity index (χ1) is 11.2. The number of thiophene rings is 1. The molecule has 23 heavy (non-hydrogen) atoms. The number of nitrogens with one attached hydrogen (secondary N) is 1. The van der Waals surface area contributed by atoms with Crippen molar-refractivity contribution in [3.8, 4) is 16.8 Å². The predicted molar refractivity (Wildman–Crippen MR) is 88.2 cm³/mol. The van der Waals surface area contributed by atoms with E-state index in [1.165, 1.54) is 11.3 Å². The SMILES string of the molecule is CN(C)C(CNc1oc(-c2cccs2)nc1C#N)c1ccco1. The first-order valence-corrected chi connectivity index (χ1v) is 7.95. The Morgan fingerprint density at radius 1 is 1.39 bits per heavy atom. The molecule has 0 fully saturated rings. The molecule has 0 aliphatic carbocycles. The maximum Gasteiger partial charge on any atom is 0.240 e. The molecule has 3 aromatic rings. The van der Waals surface area contributed by atoms with Gasteiger partial charge in [-0.25, -0.2) is 0 Å². The Kier molecular flexibility index (Phi) is 4.46. The highest BCUT2D eigenvalue weighted by Gasteiger charge is 2.20. The quantitative estimate of drug-likeness (QED) is 0.745. The number of nitriles is 1. The van der Waals surface area contributed by atoms with Gasteiger partial charge in [0.2, 0.25) is 17.5 Å². The van der Waals surface area contributed by atoms with Crippen LogP contribution in [0.5, 0.6) is 0 Å². The van der Waals surface area contributed by atoms with E-state index < -0.39 is 0 Å². The highest BCUT2D eigenvalue weighted by atomic mass is 32.1. The van der Waals surface area contributed by atoms with Crippen LogP contribution in [0, 0.1) is 11.3 Å². The van der Waals surface area contributed by atoms with E-state index >= 15 is 0 Å². The lowest BCUT2D eigenvalue weighted by molar-refractivity contribution is 0.268. The smallest absolute Gasteiger partial charge is 0.240 e. The van der Waals surface area contributed by atoms with E-state index in [4.69, 9.17) is 8.83 Å². The summed E-state index contributed by atoms with van der Waals surface area (Å²) < 4.78 is 11.2. The Labute approximate surface area is 138 Å². The molecule has 0 saturated heterocycles. The summed E-state index contributed by atoms with van der Waals surface area (Å²) in [6.07, 6.45) is 1.65. The molecular weight excluding hydrogens is 312 g/mol. The Morgan fingerprint density at radius 3 is 2.87 bits per heavy atom. The summed E-state index contributed by atoms with van der Waals surface area (Å²) in [7, 11) is 3.94. The number of likely N-dealkylation sites (N-methyl/N-ethyl adjacent to an activating group) is 1. The molecule has 0 bridgehead atoms. The summed E-state index contributed by atoms with van der Waals surface area (Å²) in [4.78, 5) is 7.17. The molecule has 0 amide bonds. The topological polar surface area (TPSA) is 78.2 Å². The van der Waals surface area contributed by atoms with Gasteiger partial charge in [0.15, 0.2) is 0 Å². The van der Waals surface area contributed by atoms with Crippen molar-refractivity contribution in [2.45, 2.75) is 6.04 Å². The van der Waals surface area contributed by atoms with Crippen molar-refractivity contribution in [1.82, 2.24) is 9.88 Å².